The molecule has 2 N–H and O–H groups in total. The number of piperidine rings is 1. The largest absolute Gasteiger partial charge is 0.380 e. The number of likely N-dealkylation sites (tertiary alicyclic amines) is 1. The van der Waals surface area contributed by atoms with Crippen molar-refractivity contribution in [2.75, 3.05) is 26.3 Å². The van der Waals surface area contributed by atoms with E-state index in [0.29, 0.717) is 12.1 Å². The van der Waals surface area contributed by atoms with Gasteiger partial charge in [0.05, 0.1) is 6.61 Å². The van der Waals surface area contributed by atoms with Crippen molar-refractivity contribution in [1.29, 1.82) is 0 Å². The summed E-state index contributed by atoms with van der Waals surface area (Å²) in [5.74, 6) is 0. The highest BCUT2D eigenvalue weighted by molar-refractivity contribution is 4.82. The van der Waals surface area contributed by atoms with Gasteiger partial charge in [0.25, 0.3) is 0 Å². The molecule has 0 aromatic rings. The Morgan fingerprint density at radius 1 is 1.33 bits per heavy atom. The smallest absolute Gasteiger partial charge is 0.0622 e. The van der Waals surface area contributed by atoms with E-state index in [1.807, 2.05) is 0 Å². The third-order valence-electron chi connectivity index (χ3n) is 2.91. The van der Waals surface area contributed by atoms with Crippen LogP contribution in [0.1, 0.15) is 19.3 Å². The molecule has 2 saturated heterocycles. The molecule has 2 rings (SSSR count). The maximum Gasteiger partial charge on any atom is 0.0622 e. The summed E-state index contributed by atoms with van der Waals surface area (Å²) in [5, 5.41) is 0. The third-order valence-corrected chi connectivity index (χ3v) is 2.91. The lowest BCUT2D eigenvalue weighted by molar-refractivity contribution is 0.120. The van der Waals surface area contributed by atoms with Crippen LogP contribution in [0.4, 0.5) is 0 Å². The fourth-order valence-corrected chi connectivity index (χ4v) is 2.18. The van der Waals surface area contributed by atoms with E-state index in [9.17, 15) is 0 Å². The van der Waals surface area contributed by atoms with Crippen molar-refractivity contribution in [3.8, 4) is 0 Å². The van der Waals surface area contributed by atoms with Crippen LogP contribution in [0.25, 0.3) is 0 Å². The summed E-state index contributed by atoms with van der Waals surface area (Å²) in [6.45, 7) is 4.17. The molecule has 2 atom stereocenters. The SMILES string of the molecule is N[C@@H]1CCCN(C2CCOC2)C1. The Labute approximate surface area is 73.9 Å². The zero-order valence-corrected chi connectivity index (χ0v) is 7.54. The van der Waals surface area contributed by atoms with E-state index in [0.717, 1.165) is 19.8 Å². The third kappa shape index (κ3) is 1.79. The zero-order chi connectivity index (χ0) is 8.39. The van der Waals surface area contributed by atoms with Crippen LogP contribution in [-0.2, 0) is 4.74 Å². The minimum absolute atomic E-state index is 0.402. The van der Waals surface area contributed by atoms with Gasteiger partial charge < -0.3 is 10.5 Å². The molecule has 70 valence electrons. The molecule has 1 unspecified atom stereocenters. The minimum Gasteiger partial charge on any atom is -0.380 e. The summed E-state index contributed by atoms with van der Waals surface area (Å²) >= 11 is 0. The molecule has 2 fully saturated rings. The number of hydrogen-bond acceptors (Lipinski definition) is 3. The van der Waals surface area contributed by atoms with Crippen molar-refractivity contribution in [2.24, 2.45) is 5.73 Å². The highest BCUT2D eigenvalue weighted by atomic mass is 16.5. The topological polar surface area (TPSA) is 38.5 Å². The second-order valence-electron chi connectivity index (χ2n) is 3.91. The molecule has 2 heterocycles. The molecule has 3 nitrogen and oxygen atoms in total. The van der Waals surface area contributed by atoms with Crippen LogP contribution < -0.4 is 5.73 Å². The molecule has 0 radical (unpaired) electrons. The molecule has 0 saturated carbocycles. The van der Waals surface area contributed by atoms with Crippen molar-refractivity contribution in [3.05, 3.63) is 0 Å². The summed E-state index contributed by atoms with van der Waals surface area (Å²) in [6, 6.07) is 1.07. The van der Waals surface area contributed by atoms with Gasteiger partial charge in [-0.1, -0.05) is 0 Å². The second kappa shape index (κ2) is 3.73. The molecular formula is C9H18N2O. The fraction of sp³-hybridized carbons (Fsp3) is 1.00. The predicted molar refractivity (Wildman–Crippen MR) is 48.0 cm³/mol. The first kappa shape index (κ1) is 8.48. The Bertz CT molecular complexity index is 145. The van der Waals surface area contributed by atoms with Gasteiger partial charge in [0.1, 0.15) is 0 Å². The van der Waals surface area contributed by atoms with Crippen molar-refractivity contribution >= 4 is 0 Å². The van der Waals surface area contributed by atoms with Crippen LogP contribution in [0.5, 0.6) is 0 Å². The molecule has 0 spiro atoms. The molecule has 12 heavy (non-hydrogen) atoms. The van der Waals surface area contributed by atoms with Gasteiger partial charge in [-0.05, 0) is 25.8 Å². The lowest BCUT2D eigenvalue weighted by Gasteiger charge is -2.34. The van der Waals surface area contributed by atoms with Gasteiger partial charge in [-0.3, -0.25) is 4.90 Å². The van der Waals surface area contributed by atoms with E-state index >= 15 is 0 Å². The molecule has 0 aliphatic carbocycles. The second-order valence-corrected chi connectivity index (χ2v) is 3.91. The van der Waals surface area contributed by atoms with E-state index in [4.69, 9.17) is 10.5 Å². The Kier molecular flexibility index (Phi) is 2.63. The molecule has 0 aromatic carbocycles. The Balaban J connectivity index is 1.85. The molecule has 0 bridgehead atoms. The van der Waals surface area contributed by atoms with E-state index in [1.165, 1.54) is 25.8 Å². The van der Waals surface area contributed by atoms with Crippen LogP contribution in [0.2, 0.25) is 0 Å². The van der Waals surface area contributed by atoms with Crippen molar-refractivity contribution in [2.45, 2.75) is 31.3 Å². The van der Waals surface area contributed by atoms with E-state index in [-0.39, 0.29) is 0 Å². The van der Waals surface area contributed by atoms with Crippen LogP contribution in [0.3, 0.4) is 0 Å². The fourth-order valence-electron chi connectivity index (χ4n) is 2.18. The molecule has 2 aliphatic rings. The molecule has 0 amide bonds. The molecule has 0 aromatic heterocycles. The summed E-state index contributed by atoms with van der Waals surface area (Å²) in [6.07, 6.45) is 3.66. The summed E-state index contributed by atoms with van der Waals surface area (Å²) < 4.78 is 5.36. The van der Waals surface area contributed by atoms with Gasteiger partial charge in [-0.15, -0.1) is 0 Å². The lowest BCUT2D eigenvalue weighted by atomic mass is 10.0. The quantitative estimate of drug-likeness (QED) is 0.611. The van der Waals surface area contributed by atoms with Gasteiger partial charge >= 0.3 is 0 Å². The average Bonchev–Trinajstić information content (AvgIpc) is 2.56. The van der Waals surface area contributed by atoms with E-state index in [1.54, 1.807) is 0 Å². The highest BCUT2D eigenvalue weighted by Gasteiger charge is 2.26. The van der Waals surface area contributed by atoms with Gasteiger partial charge in [0.2, 0.25) is 0 Å². The van der Waals surface area contributed by atoms with Crippen LogP contribution >= 0.6 is 0 Å². The number of ether oxygens (including phenoxy) is 1. The number of rotatable bonds is 1. The highest BCUT2D eigenvalue weighted by Crippen LogP contribution is 2.17. The lowest BCUT2D eigenvalue weighted by Crippen LogP contribution is -2.47. The van der Waals surface area contributed by atoms with Gasteiger partial charge in [0.15, 0.2) is 0 Å². The first-order valence-electron chi connectivity index (χ1n) is 4.93. The summed E-state index contributed by atoms with van der Waals surface area (Å²) in [4.78, 5) is 2.50. The number of nitrogens with two attached hydrogens (primary N) is 1. The summed E-state index contributed by atoms with van der Waals surface area (Å²) in [5.41, 5.74) is 5.91. The standard InChI is InChI=1S/C9H18N2O/c10-8-2-1-4-11(6-8)9-3-5-12-7-9/h8-9H,1-7,10H2/t8-,9?/m1/s1. The maximum atomic E-state index is 5.91. The van der Waals surface area contributed by atoms with Gasteiger partial charge in [0, 0.05) is 25.2 Å². The van der Waals surface area contributed by atoms with Crippen LogP contribution in [0, 0.1) is 0 Å². The first-order chi connectivity index (χ1) is 5.86. The first-order valence-corrected chi connectivity index (χ1v) is 4.93. The minimum atomic E-state index is 0.402. The zero-order valence-electron chi connectivity index (χ0n) is 7.54. The van der Waals surface area contributed by atoms with Gasteiger partial charge in [-0.2, -0.15) is 0 Å². The van der Waals surface area contributed by atoms with Gasteiger partial charge in [-0.25, -0.2) is 0 Å². The van der Waals surface area contributed by atoms with Crippen LogP contribution in [0.15, 0.2) is 0 Å². The maximum absolute atomic E-state index is 5.91. The van der Waals surface area contributed by atoms with Crippen molar-refractivity contribution in [1.82, 2.24) is 4.90 Å². The number of nitrogens with zero attached hydrogens (tertiary/aromatic N) is 1. The van der Waals surface area contributed by atoms with Crippen molar-refractivity contribution < 1.29 is 4.74 Å². The Morgan fingerprint density at radius 2 is 2.25 bits per heavy atom. The normalized spacial score (nSPS) is 38.8. The Morgan fingerprint density at radius 3 is 2.92 bits per heavy atom. The van der Waals surface area contributed by atoms with E-state index in [2.05, 4.69) is 4.90 Å². The Hall–Kier alpha value is -0.120. The average molecular weight is 170 g/mol. The predicted octanol–water partition coefficient (Wildman–Crippen LogP) is 0.198. The van der Waals surface area contributed by atoms with Crippen LogP contribution in [-0.4, -0.2) is 43.3 Å². The van der Waals surface area contributed by atoms with E-state index < -0.39 is 0 Å². The van der Waals surface area contributed by atoms with Crippen molar-refractivity contribution in [3.63, 3.8) is 0 Å². The molecule has 3 heteroatoms. The number of hydrogen-bond donors (Lipinski definition) is 1. The molecular weight excluding hydrogens is 152 g/mol. The monoisotopic (exact) mass is 170 g/mol. The summed E-state index contributed by atoms with van der Waals surface area (Å²) in [7, 11) is 0. The molecule has 2 aliphatic heterocycles.